The fourth-order valence-corrected chi connectivity index (χ4v) is 2.94. The molecule has 3 aromatic rings. The summed E-state index contributed by atoms with van der Waals surface area (Å²) in [4.78, 5) is 22.3. The molecule has 0 aliphatic carbocycles. The molecule has 1 aromatic carbocycles. The number of halogens is 1. The number of rotatable bonds is 2. The molecule has 0 spiro atoms. The molecule has 6 heteroatoms. The second-order valence-corrected chi connectivity index (χ2v) is 5.54. The van der Waals surface area contributed by atoms with Gasteiger partial charge in [0.2, 0.25) is 0 Å². The zero-order valence-corrected chi connectivity index (χ0v) is 12.1. The number of hydrogen-bond donors (Lipinski definition) is 0. The number of thiazole rings is 1. The van der Waals surface area contributed by atoms with Gasteiger partial charge in [-0.25, -0.2) is 9.97 Å². The van der Waals surface area contributed by atoms with Gasteiger partial charge in [-0.15, -0.1) is 0 Å². The van der Waals surface area contributed by atoms with E-state index in [1.165, 1.54) is 16.2 Å². The van der Waals surface area contributed by atoms with Crippen molar-refractivity contribution in [2.45, 2.75) is 0 Å². The Balaban J connectivity index is 1.98. The molecule has 0 aliphatic rings. The number of anilines is 1. The number of carbonyl (C=O) groups excluding carboxylic acids is 1. The summed E-state index contributed by atoms with van der Waals surface area (Å²) >= 11 is 7.42. The molecule has 0 aliphatic heterocycles. The first kappa shape index (κ1) is 13.0. The molecule has 0 fully saturated rings. The van der Waals surface area contributed by atoms with Crippen LogP contribution in [0.5, 0.6) is 0 Å². The Kier molecular flexibility index (Phi) is 3.38. The van der Waals surface area contributed by atoms with E-state index in [1.807, 2.05) is 24.3 Å². The normalized spacial score (nSPS) is 10.7. The Hall–Kier alpha value is -1.98. The van der Waals surface area contributed by atoms with E-state index < -0.39 is 0 Å². The van der Waals surface area contributed by atoms with Crippen LogP contribution in [0.3, 0.4) is 0 Å². The topological polar surface area (TPSA) is 46.1 Å². The number of benzene rings is 1. The van der Waals surface area contributed by atoms with Crippen LogP contribution >= 0.6 is 22.9 Å². The minimum absolute atomic E-state index is 0.200. The summed E-state index contributed by atoms with van der Waals surface area (Å²) in [6.07, 6.45) is 1.55. The highest BCUT2D eigenvalue weighted by Gasteiger charge is 2.19. The first-order chi connectivity index (χ1) is 9.66. The molecular formula is C14H10ClN3OS. The summed E-state index contributed by atoms with van der Waals surface area (Å²) < 4.78 is 1.04. The number of para-hydroxylation sites is 1. The predicted molar refractivity (Wildman–Crippen MR) is 81.6 cm³/mol. The van der Waals surface area contributed by atoms with E-state index in [1.54, 1.807) is 25.4 Å². The third-order valence-corrected chi connectivity index (χ3v) is 4.28. The number of amides is 1. The summed E-state index contributed by atoms with van der Waals surface area (Å²) in [5.74, 6) is -0.220. The fraction of sp³-hybridized carbons (Fsp3) is 0.0714. The van der Waals surface area contributed by atoms with E-state index in [0.717, 1.165) is 10.2 Å². The zero-order chi connectivity index (χ0) is 14.1. The molecule has 3 rings (SSSR count). The summed E-state index contributed by atoms with van der Waals surface area (Å²) in [6, 6.07) is 11.1. The van der Waals surface area contributed by atoms with E-state index >= 15 is 0 Å². The first-order valence-corrected chi connectivity index (χ1v) is 7.10. The smallest absolute Gasteiger partial charge is 0.262 e. The number of aromatic nitrogens is 2. The van der Waals surface area contributed by atoms with Crippen LogP contribution in [-0.4, -0.2) is 22.9 Å². The maximum Gasteiger partial charge on any atom is 0.262 e. The van der Waals surface area contributed by atoms with Gasteiger partial charge in [-0.2, -0.15) is 0 Å². The van der Waals surface area contributed by atoms with Crippen molar-refractivity contribution >= 4 is 44.2 Å². The summed E-state index contributed by atoms with van der Waals surface area (Å²) in [7, 11) is 1.68. The van der Waals surface area contributed by atoms with Gasteiger partial charge in [0.1, 0.15) is 5.15 Å². The van der Waals surface area contributed by atoms with Crippen molar-refractivity contribution in [3.63, 3.8) is 0 Å². The van der Waals surface area contributed by atoms with Crippen molar-refractivity contribution in [1.29, 1.82) is 0 Å². The van der Waals surface area contributed by atoms with Crippen molar-refractivity contribution in [1.82, 2.24) is 9.97 Å². The van der Waals surface area contributed by atoms with Gasteiger partial charge in [-0.1, -0.05) is 35.1 Å². The lowest BCUT2D eigenvalue weighted by atomic mass is 10.2. The third-order valence-electron chi connectivity index (χ3n) is 2.86. The number of pyridine rings is 1. The fourth-order valence-electron chi connectivity index (χ4n) is 1.82. The molecule has 0 N–H and O–H groups in total. The van der Waals surface area contributed by atoms with Gasteiger partial charge < -0.3 is 0 Å². The van der Waals surface area contributed by atoms with Gasteiger partial charge >= 0.3 is 0 Å². The van der Waals surface area contributed by atoms with E-state index in [-0.39, 0.29) is 11.1 Å². The highest BCUT2D eigenvalue weighted by Crippen LogP contribution is 2.29. The maximum absolute atomic E-state index is 12.4. The lowest BCUT2D eigenvalue weighted by molar-refractivity contribution is 0.0993. The van der Waals surface area contributed by atoms with E-state index in [9.17, 15) is 4.79 Å². The highest BCUT2D eigenvalue weighted by atomic mass is 35.5. The number of nitrogens with zero attached hydrogens (tertiary/aromatic N) is 3. The van der Waals surface area contributed by atoms with Gasteiger partial charge in [0.05, 0.1) is 15.8 Å². The quantitative estimate of drug-likeness (QED) is 0.679. The summed E-state index contributed by atoms with van der Waals surface area (Å²) in [6.45, 7) is 0. The monoisotopic (exact) mass is 303 g/mol. The molecule has 0 unspecified atom stereocenters. The van der Waals surface area contributed by atoms with Gasteiger partial charge in [-0.3, -0.25) is 9.69 Å². The molecule has 100 valence electrons. The lowest BCUT2D eigenvalue weighted by Gasteiger charge is -2.13. The molecular weight excluding hydrogens is 294 g/mol. The third kappa shape index (κ3) is 2.26. The van der Waals surface area contributed by atoms with Crippen LogP contribution in [0.15, 0.2) is 42.6 Å². The van der Waals surface area contributed by atoms with Gasteiger partial charge in [0, 0.05) is 13.2 Å². The molecule has 20 heavy (non-hydrogen) atoms. The Labute approximate surface area is 124 Å². The molecule has 1 amide bonds. The minimum Gasteiger partial charge on any atom is -0.287 e. The van der Waals surface area contributed by atoms with Crippen LogP contribution in [0.4, 0.5) is 5.13 Å². The van der Waals surface area contributed by atoms with Crippen LogP contribution in [0.2, 0.25) is 5.15 Å². The molecule has 0 saturated carbocycles. The van der Waals surface area contributed by atoms with Crippen LogP contribution in [0.25, 0.3) is 10.2 Å². The van der Waals surface area contributed by atoms with Crippen LogP contribution in [-0.2, 0) is 0 Å². The maximum atomic E-state index is 12.4. The minimum atomic E-state index is -0.220. The average Bonchev–Trinajstić information content (AvgIpc) is 2.90. The predicted octanol–water partition coefficient (Wildman–Crippen LogP) is 3.62. The summed E-state index contributed by atoms with van der Waals surface area (Å²) in [5, 5.41) is 0.835. The molecule has 0 saturated heterocycles. The van der Waals surface area contributed by atoms with Crippen molar-refractivity contribution in [2.75, 3.05) is 11.9 Å². The number of carbonyl (C=O) groups is 1. The Morgan fingerprint density at radius 2 is 2.05 bits per heavy atom. The molecule has 0 bridgehead atoms. The Morgan fingerprint density at radius 1 is 1.25 bits per heavy atom. The molecule has 2 heterocycles. The van der Waals surface area contributed by atoms with E-state index in [4.69, 9.17) is 11.6 Å². The van der Waals surface area contributed by atoms with Crippen molar-refractivity contribution in [3.05, 3.63) is 53.3 Å². The van der Waals surface area contributed by atoms with Crippen LogP contribution < -0.4 is 4.90 Å². The Morgan fingerprint density at radius 3 is 2.80 bits per heavy atom. The van der Waals surface area contributed by atoms with Gasteiger partial charge in [-0.05, 0) is 24.3 Å². The zero-order valence-electron chi connectivity index (χ0n) is 10.6. The van der Waals surface area contributed by atoms with Gasteiger partial charge in [0.15, 0.2) is 5.13 Å². The average molecular weight is 304 g/mol. The van der Waals surface area contributed by atoms with Crippen molar-refractivity contribution in [3.8, 4) is 0 Å². The second kappa shape index (κ2) is 5.19. The van der Waals surface area contributed by atoms with Crippen molar-refractivity contribution in [2.24, 2.45) is 0 Å². The second-order valence-electron chi connectivity index (χ2n) is 4.17. The molecule has 0 atom stereocenters. The lowest BCUT2D eigenvalue weighted by Crippen LogP contribution is -2.26. The van der Waals surface area contributed by atoms with E-state index in [2.05, 4.69) is 9.97 Å². The first-order valence-electron chi connectivity index (χ1n) is 5.91. The largest absolute Gasteiger partial charge is 0.287 e. The van der Waals surface area contributed by atoms with Crippen molar-refractivity contribution < 1.29 is 4.79 Å². The SMILES string of the molecule is CN(C(=O)c1cccnc1Cl)c1nc2ccccc2s1. The number of hydrogen-bond acceptors (Lipinski definition) is 4. The van der Waals surface area contributed by atoms with Crippen LogP contribution in [0.1, 0.15) is 10.4 Å². The molecule has 0 radical (unpaired) electrons. The van der Waals surface area contributed by atoms with E-state index in [0.29, 0.717) is 10.7 Å². The number of fused-ring (bicyclic) bond motifs is 1. The highest BCUT2D eigenvalue weighted by molar-refractivity contribution is 7.22. The molecule has 2 aromatic heterocycles. The van der Waals surface area contributed by atoms with Crippen LogP contribution in [0, 0.1) is 0 Å². The standard InChI is InChI=1S/C14H10ClN3OS/c1-18(13(19)9-5-4-8-16-12(9)15)14-17-10-6-2-3-7-11(10)20-14/h2-8H,1H3. The van der Waals surface area contributed by atoms with Gasteiger partial charge in [0.25, 0.3) is 5.91 Å². The Bertz CT molecular complexity index is 754. The molecule has 4 nitrogen and oxygen atoms in total. The summed E-state index contributed by atoms with van der Waals surface area (Å²) in [5.41, 5.74) is 1.25.